The molecule has 1 heterocycles. The summed E-state index contributed by atoms with van der Waals surface area (Å²) in [5.74, 6) is -1.39. The van der Waals surface area contributed by atoms with E-state index in [-0.39, 0.29) is 22.8 Å². The predicted octanol–water partition coefficient (Wildman–Crippen LogP) is 1.06. The van der Waals surface area contributed by atoms with Crippen LogP contribution in [0.2, 0.25) is 0 Å². The van der Waals surface area contributed by atoms with Crippen molar-refractivity contribution in [3.8, 4) is 5.69 Å². The second kappa shape index (κ2) is 4.17. The minimum absolute atomic E-state index is 0.118. The first-order valence-electron chi connectivity index (χ1n) is 4.83. The van der Waals surface area contributed by atoms with E-state index in [0.29, 0.717) is 0 Å². The van der Waals surface area contributed by atoms with E-state index in [0.717, 1.165) is 10.9 Å². The lowest BCUT2D eigenvalue weighted by Crippen LogP contribution is -2.07. The Morgan fingerprint density at radius 2 is 2.11 bits per heavy atom. The van der Waals surface area contributed by atoms with Crippen LogP contribution in [0.5, 0.6) is 0 Å². The quantitative estimate of drug-likeness (QED) is 0.618. The maximum atomic E-state index is 10.9. The van der Waals surface area contributed by atoms with Gasteiger partial charge in [-0.05, 0) is 6.07 Å². The summed E-state index contributed by atoms with van der Waals surface area (Å²) in [5, 5.41) is 23.4. The van der Waals surface area contributed by atoms with E-state index < -0.39 is 10.9 Å². The van der Waals surface area contributed by atoms with Gasteiger partial charge < -0.3 is 10.8 Å². The molecule has 92 valence electrons. The number of nitro groups is 1. The van der Waals surface area contributed by atoms with Crippen molar-refractivity contribution in [3.05, 3.63) is 46.1 Å². The minimum atomic E-state index is -1.24. The first-order chi connectivity index (χ1) is 8.52. The number of nitrogen functional groups attached to an aromatic ring is 1. The van der Waals surface area contributed by atoms with Crippen LogP contribution in [0.1, 0.15) is 10.4 Å². The third-order valence-electron chi connectivity index (χ3n) is 2.34. The third kappa shape index (κ3) is 1.75. The zero-order valence-electron chi connectivity index (χ0n) is 8.98. The molecule has 0 atom stereocenters. The average Bonchev–Trinajstić information content (AvgIpc) is 2.71. The van der Waals surface area contributed by atoms with Gasteiger partial charge in [0, 0.05) is 6.07 Å². The molecule has 0 aliphatic carbocycles. The molecule has 0 unspecified atom stereocenters. The number of hydrogen-bond donors (Lipinski definition) is 2. The Bertz CT molecular complexity index is 635. The molecule has 8 nitrogen and oxygen atoms in total. The van der Waals surface area contributed by atoms with Crippen molar-refractivity contribution in [2.75, 3.05) is 5.73 Å². The van der Waals surface area contributed by atoms with Crippen molar-refractivity contribution < 1.29 is 14.8 Å². The number of hydrogen-bond acceptors (Lipinski definition) is 5. The number of rotatable bonds is 3. The minimum Gasteiger partial charge on any atom is -0.477 e. The van der Waals surface area contributed by atoms with Crippen LogP contribution in [0.15, 0.2) is 30.5 Å². The number of para-hydroxylation sites is 2. The standard InChI is InChI=1S/C10H8N4O4/c11-9-6(10(15)16)5-12-13(9)7-3-1-2-4-8(7)14(17)18/h1-5H,11H2,(H,15,16). The molecule has 3 N–H and O–H groups in total. The van der Waals surface area contributed by atoms with Gasteiger partial charge in [0.1, 0.15) is 17.1 Å². The molecule has 0 amide bonds. The van der Waals surface area contributed by atoms with E-state index in [1.165, 1.54) is 18.2 Å². The largest absolute Gasteiger partial charge is 0.477 e. The number of anilines is 1. The van der Waals surface area contributed by atoms with E-state index >= 15 is 0 Å². The zero-order valence-corrected chi connectivity index (χ0v) is 8.98. The van der Waals surface area contributed by atoms with Gasteiger partial charge in [0.25, 0.3) is 5.69 Å². The number of benzene rings is 1. The van der Waals surface area contributed by atoms with Crippen LogP contribution in [0.25, 0.3) is 5.69 Å². The lowest BCUT2D eigenvalue weighted by atomic mass is 10.2. The van der Waals surface area contributed by atoms with Gasteiger partial charge in [0.05, 0.1) is 11.1 Å². The first-order valence-corrected chi connectivity index (χ1v) is 4.83. The van der Waals surface area contributed by atoms with Gasteiger partial charge >= 0.3 is 5.97 Å². The highest BCUT2D eigenvalue weighted by Gasteiger charge is 2.20. The van der Waals surface area contributed by atoms with Crippen LogP contribution in [-0.2, 0) is 0 Å². The number of aromatic carboxylic acids is 1. The Kier molecular flexibility index (Phi) is 2.68. The molecule has 0 aliphatic rings. The molecule has 0 saturated heterocycles. The molecule has 0 saturated carbocycles. The Balaban J connectivity index is 2.63. The summed E-state index contributed by atoms with van der Waals surface area (Å²) in [6, 6.07) is 5.80. The molecule has 0 radical (unpaired) electrons. The fraction of sp³-hybridized carbons (Fsp3) is 0. The molecule has 2 aromatic rings. The highest BCUT2D eigenvalue weighted by Crippen LogP contribution is 2.25. The molecule has 0 fully saturated rings. The van der Waals surface area contributed by atoms with Gasteiger partial charge in [0.2, 0.25) is 0 Å². The fourth-order valence-corrected chi connectivity index (χ4v) is 1.51. The highest BCUT2D eigenvalue weighted by molar-refractivity contribution is 5.92. The molecular formula is C10H8N4O4. The van der Waals surface area contributed by atoms with Gasteiger partial charge in [-0.1, -0.05) is 12.1 Å². The normalized spacial score (nSPS) is 10.2. The first kappa shape index (κ1) is 11.6. The second-order valence-electron chi connectivity index (χ2n) is 3.41. The van der Waals surface area contributed by atoms with Crippen LogP contribution >= 0.6 is 0 Å². The van der Waals surface area contributed by atoms with E-state index in [9.17, 15) is 14.9 Å². The van der Waals surface area contributed by atoms with Crippen molar-refractivity contribution in [1.29, 1.82) is 0 Å². The number of carboxylic acid groups (broad SMARTS) is 1. The predicted molar refractivity (Wildman–Crippen MR) is 61.6 cm³/mol. The number of carboxylic acids is 1. The number of nitro benzene ring substituents is 1. The SMILES string of the molecule is Nc1c(C(=O)O)cnn1-c1ccccc1[N+](=O)[O-]. The molecule has 18 heavy (non-hydrogen) atoms. The smallest absolute Gasteiger partial charge is 0.341 e. The summed E-state index contributed by atoms with van der Waals surface area (Å²) >= 11 is 0. The summed E-state index contributed by atoms with van der Waals surface area (Å²) in [6.07, 6.45) is 1.05. The van der Waals surface area contributed by atoms with Crippen molar-refractivity contribution >= 4 is 17.5 Å². The van der Waals surface area contributed by atoms with Gasteiger partial charge in [-0.3, -0.25) is 10.1 Å². The Morgan fingerprint density at radius 1 is 1.44 bits per heavy atom. The van der Waals surface area contributed by atoms with Gasteiger partial charge in [-0.15, -0.1) is 0 Å². The second-order valence-corrected chi connectivity index (χ2v) is 3.41. The molecule has 0 spiro atoms. The van der Waals surface area contributed by atoms with Crippen LogP contribution < -0.4 is 5.73 Å². The highest BCUT2D eigenvalue weighted by atomic mass is 16.6. The van der Waals surface area contributed by atoms with Crippen LogP contribution in [-0.4, -0.2) is 25.8 Å². The van der Waals surface area contributed by atoms with Crippen LogP contribution in [0.3, 0.4) is 0 Å². The van der Waals surface area contributed by atoms with Gasteiger partial charge in [-0.25, -0.2) is 9.48 Å². The molecule has 8 heteroatoms. The number of nitrogens with two attached hydrogens (primary N) is 1. The van der Waals surface area contributed by atoms with E-state index in [4.69, 9.17) is 10.8 Å². The summed E-state index contributed by atoms with van der Waals surface area (Å²) in [7, 11) is 0. The summed E-state index contributed by atoms with van der Waals surface area (Å²) in [4.78, 5) is 21.1. The van der Waals surface area contributed by atoms with Crippen LogP contribution in [0.4, 0.5) is 11.5 Å². The van der Waals surface area contributed by atoms with Crippen molar-refractivity contribution in [2.24, 2.45) is 0 Å². The van der Waals surface area contributed by atoms with Crippen molar-refractivity contribution in [1.82, 2.24) is 9.78 Å². The summed E-state index contributed by atoms with van der Waals surface area (Å²) in [6.45, 7) is 0. The van der Waals surface area contributed by atoms with E-state index in [1.54, 1.807) is 6.07 Å². The average molecular weight is 248 g/mol. The van der Waals surface area contributed by atoms with Crippen molar-refractivity contribution in [2.45, 2.75) is 0 Å². The number of aromatic nitrogens is 2. The lowest BCUT2D eigenvalue weighted by Gasteiger charge is -2.04. The Labute approximate surface area is 100 Å². The number of carbonyl (C=O) groups is 1. The monoisotopic (exact) mass is 248 g/mol. The maximum absolute atomic E-state index is 10.9. The third-order valence-corrected chi connectivity index (χ3v) is 2.34. The van der Waals surface area contributed by atoms with Crippen LogP contribution in [0, 0.1) is 10.1 Å². The zero-order chi connectivity index (χ0) is 13.3. The molecule has 0 aliphatic heterocycles. The van der Waals surface area contributed by atoms with Gasteiger partial charge in [0.15, 0.2) is 0 Å². The lowest BCUT2D eigenvalue weighted by molar-refractivity contribution is -0.384. The molecule has 1 aromatic carbocycles. The fourth-order valence-electron chi connectivity index (χ4n) is 1.51. The maximum Gasteiger partial charge on any atom is 0.341 e. The topological polar surface area (TPSA) is 124 Å². The summed E-state index contributed by atoms with van der Waals surface area (Å²) in [5.41, 5.74) is 5.32. The van der Waals surface area contributed by atoms with E-state index in [1.807, 2.05) is 0 Å². The Hall–Kier alpha value is -2.90. The number of nitrogens with zero attached hydrogens (tertiary/aromatic N) is 3. The van der Waals surface area contributed by atoms with Gasteiger partial charge in [-0.2, -0.15) is 5.10 Å². The molecule has 2 rings (SSSR count). The van der Waals surface area contributed by atoms with E-state index in [2.05, 4.69) is 5.10 Å². The Morgan fingerprint density at radius 3 is 2.67 bits per heavy atom. The molecule has 1 aromatic heterocycles. The summed E-state index contributed by atoms with van der Waals surface area (Å²) < 4.78 is 1.03. The molecule has 0 bridgehead atoms. The molecular weight excluding hydrogens is 240 g/mol. The van der Waals surface area contributed by atoms with Crippen molar-refractivity contribution in [3.63, 3.8) is 0 Å².